The highest BCUT2D eigenvalue weighted by Crippen LogP contribution is 2.44. The molecule has 37 heavy (non-hydrogen) atoms. The van der Waals surface area contributed by atoms with Crippen LogP contribution in [-0.4, -0.2) is 70.5 Å². The molecule has 0 bridgehead atoms. The van der Waals surface area contributed by atoms with Crippen molar-refractivity contribution in [3.63, 3.8) is 0 Å². The predicted molar refractivity (Wildman–Crippen MR) is 140 cm³/mol. The van der Waals surface area contributed by atoms with E-state index in [1.165, 1.54) is 12.1 Å². The van der Waals surface area contributed by atoms with Gasteiger partial charge in [-0.1, -0.05) is 12.1 Å². The average molecular weight is 512 g/mol. The number of hydrogen-bond acceptors (Lipinski definition) is 7. The largest absolute Gasteiger partial charge is 0.493 e. The number of anilines is 1. The first kappa shape index (κ1) is 26.5. The normalized spacial score (nSPS) is 15.0. The zero-order valence-electron chi connectivity index (χ0n) is 22.0. The summed E-state index contributed by atoms with van der Waals surface area (Å²) in [4.78, 5) is 22.2. The van der Waals surface area contributed by atoms with E-state index < -0.39 is 6.10 Å². The molecule has 1 aliphatic heterocycles. The molecule has 1 aromatic heterocycles. The SMILES string of the molecule is COc1cc2nc(N(C)C)c(CN(CCc3ccc(F)cc3)C(=O)[C@H]3CCCO3)cc2c(OC)c1OC. The third-order valence-electron chi connectivity index (χ3n) is 6.56. The number of carbonyl (C=O) groups is 1. The van der Waals surface area contributed by atoms with Crippen LogP contribution in [0.3, 0.4) is 0 Å². The highest BCUT2D eigenvalue weighted by atomic mass is 19.1. The molecule has 0 aliphatic carbocycles. The lowest BCUT2D eigenvalue weighted by Crippen LogP contribution is -2.40. The minimum absolute atomic E-state index is 0.0521. The maximum absolute atomic E-state index is 13.5. The van der Waals surface area contributed by atoms with Crippen molar-refractivity contribution in [3.05, 3.63) is 53.3 Å². The van der Waals surface area contributed by atoms with Gasteiger partial charge in [0.15, 0.2) is 11.5 Å². The van der Waals surface area contributed by atoms with E-state index in [1.54, 1.807) is 33.5 Å². The Morgan fingerprint density at radius 1 is 1.08 bits per heavy atom. The van der Waals surface area contributed by atoms with Gasteiger partial charge in [0.05, 0.1) is 26.8 Å². The van der Waals surface area contributed by atoms with Crippen molar-refractivity contribution >= 4 is 22.6 Å². The van der Waals surface area contributed by atoms with E-state index in [0.29, 0.717) is 55.3 Å². The monoisotopic (exact) mass is 511 g/mol. The smallest absolute Gasteiger partial charge is 0.252 e. The van der Waals surface area contributed by atoms with Crippen LogP contribution in [0.2, 0.25) is 0 Å². The summed E-state index contributed by atoms with van der Waals surface area (Å²) in [6, 6.07) is 10.2. The van der Waals surface area contributed by atoms with Crippen LogP contribution >= 0.6 is 0 Å². The number of aromatic nitrogens is 1. The van der Waals surface area contributed by atoms with Gasteiger partial charge in [-0.2, -0.15) is 0 Å². The maximum Gasteiger partial charge on any atom is 0.252 e. The molecule has 0 spiro atoms. The number of ether oxygens (including phenoxy) is 4. The van der Waals surface area contributed by atoms with E-state index in [1.807, 2.05) is 36.0 Å². The van der Waals surface area contributed by atoms with Crippen LogP contribution in [-0.2, 0) is 22.5 Å². The second-order valence-corrected chi connectivity index (χ2v) is 9.22. The number of rotatable bonds is 10. The Hall–Kier alpha value is -3.59. The van der Waals surface area contributed by atoms with Crippen LogP contribution in [0.1, 0.15) is 24.0 Å². The van der Waals surface area contributed by atoms with Crippen LogP contribution in [0, 0.1) is 5.82 Å². The van der Waals surface area contributed by atoms with Gasteiger partial charge in [0, 0.05) is 50.8 Å². The van der Waals surface area contributed by atoms with E-state index >= 15 is 0 Å². The third kappa shape index (κ3) is 5.72. The summed E-state index contributed by atoms with van der Waals surface area (Å²) in [7, 11) is 8.54. The maximum atomic E-state index is 13.5. The predicted octanol–water partition coefficient (Wildman–Crippen LogP) is 4.22. The van der Waals surface area contributed by atoms with E-state index in [9.17, 15) is 9.18 Å². The first-order valence-corrected chi connectivity index (χ1v) is 12.3. The molecular weight excluding hydrogens is 477 g/mol. The number of hydrogen-bond donors (Lipinski definition) is 0. The fraction of sp³-hybridized carbons (Fsp3) is 0.429. The Kier molecular flexibility index (Phi) is 8.33. The highest BCUT2D eigenvalue weighted by Gasteiger charge is 2.29. The van der Waals surface area contributed by atoms with Gasteiger partial charge < -0.3 is 28.7 Å². The second kappa shape index (κ2) is 11.6. The van der Waals surface area contributed by atoms with Gasteiger partial charge in [0.2, 0.25) is 5.75 Å². The summed E-state index contributed by atoms with van der Waals surface area (Å²) < 4.78 is 35.9. The molecule has 1 saturated heterocycles. The van der Waals surface area contributed by atoms with Crippen LogP contribution in [0.15, 0.2) is 36.4 Å². The van der Waals surface area contributed by atoms with Gasteiger partial charge >= 0.3 is 0 Å². The first-order chi connectivity index (χ1) is 17.9. The highest BCUT2D eigenvalue weighted by molar-refractivity contribution is 5.92. The van der Waals surface area contributed by atoms with Crippen molar-refractivity contribution in [3.8, 4) is 17.2 Å². The zero-order valence-corrected chi connectivity index (χ0v) is 22.0. The molecule has 9 heteroatoms. The summed E-state index contributed by atoms with van der Waals surface area (Å²) in [6.45, 7) is 1.37. The van der Waals surface area contributed by atoms with Gasteiger partial charge in [-0.05, 0) is 43.0 Å². The standard InChI is InChI=1S/C28H34FN3O5/c1-31(2)27-19(15-21-22(30-27)16-24(34-3)26(36-5)25(21)35-4)17-32(28(33)23-7-6-14-37-23)13-12-18-8-10-20(29)11-9-18/h8-11,15-16,23H,6-7,12-14,17H2,1-5H3/t23-/m1/s1. The number of carbonyl (C=O) groups excluding carboxylic acids is 1. The van der Waals surface area contributed by atoms with Crippen molar-refractivity contribution in [1.29, 1.82) is 0 Å². The van der Waals surface area contributed by atoms with Gasteiger partial charge in [0.25, 0.3) is 5.91 Å². The zero-order chi connectivity index (χ0) is 26.5. The molecule has 0 N–H and O–H groups in total. The average Bonchev–Trinajstić information content (AvgIpc) is 3.45. The van der Waals surface area contributed by atoms with Crippen molar-refractivity contribution in [2.45, 2.75) is 31.9 Å². The number of fused-ring (bicyclic) bond motifs is 1. The molecule has 0 saturated carbocycles. The number of nitrogens with zero attached hydrogens (tertiary/aromatic N) is 3. The molecule has 1 fully saturated rings. The molecule has 1 aliphatic rings. The van der Waals surface area contributed by atoms with Crippen molar-refractivity contribution < 1.29 is 28.1 Å². The number of halogens is 1. The molecule has 2 aromatic carbocycles. The Morgan fingerprint density at radius 2 is 1.81 bits per heavy atom. The lowest BCUT2D eigenvalue weighted by molar-refractivity contribution is -0.141. The molecule has 2 heterocycles. The molecule has 1 amide bonds. The van der Waals surface area contributed by atoms with E-state index in [0.717, 1.165) is 28.8 Å². The molecule has 0 radical (unpaired) electrons. The molecule has 1 atom stereocenters. The molecule has 0 unspecified atom stereocenters. The third-order valence-corrected chi connectivity index (χ3v) is 6.56. The van der Waals surface area contributed by atoms with Crippen molar-refractivity contribution in [2.75, 3.05) is 53.5 Å². The topological polar surface area (TPSA) is 73.4 Å². The molecule has 8 nitrogen and oxygen atoms in total. The minimum atomic E-state index is -0.455. The first-order valence-electron chi connectivity index (χ1n) is 12.3. The van der Waals surface area contributed by atoms with Gasteiger partial charge in [-0.25, -0.2) is 9.37 Å². The fourth-order valence-electron chi connectivity index (χ4n) is 4.69. The Bertz CT molecular complexity index is 1240. The molecular formula is C28H34FN3O5. The van der Waals surface area contributed by atoms with Crippen LogP contribution in [0.4, 0.5) is 10.2 Å². The molecule has 4 rings (SSSR count). The summed E-state index contributed by atoms with van der Waals surface area (Å²) >= 11 is 0. The Balaban J connectivity index is 1.74. The lowest BCUT2D eigenvalue weighted by atomic mass is 10.1. The quantitative estimate of drug-likeness (QED) is 0.404. The van der Waals surface area contributed by atoms with Crippen molar-refractivity contribution in [2.24, 2.45) is 0 Å². The van der Waals surface area contributed by atoms with E-state index in [2.05, 4.69) is 0 Å². The molecule has 3 aromatic rings. The lowest BCUT2D eigenvalue weighted by Gasteiger charge is -2.28. The second-order valence-electron chi connectivity index (χ2n) is 9.22. The fourth-order valence-corrected chi connectivity index (χ4v) is 4.69. The summed E-state index contributed by atoms with van der Waals surface area (Å²) in [5, 5.41) is 0.754. The number of methoxy groups -OCH3 is 3. The van der Waals surface area contributed by atoms with Crippen LogP contribution in [0.5, 0.6) is 17.2 Å². The minimum Gasteiger partial charge on any atom is -0.493 e. The Morgan fingerprint density at radius 3 is 2.41 bits per heavy atom. The van der Waals surface area contributed by atoms with Crippen LogP contribution in [0.25, 0.3) is 10.9 Å². The van der Waals surface area contributed by atoms with Crippen molar-refractivity contribution in [1.82, 2.24) is 9.88 Å². The van der Waals surface area contributed by atoms with Gasteiger partial charge in [-0.3, -0.25) is 4.79 Å². The summed E-state index contributed by atoms with van der Waals surface area (Å²) in [5.41, 5.74) is 2.49. The van der Waals surface area contributed by atoms with E-state index in [4.69, 9.17) is 23.9 Å². The molecule has 198 valence electrons. The summed E-state index contributed by atoms with van der Waals surface area (Å²) in [6.07, 6.45) is 1.70. The van der Waals surface area contributed by atoms with Crippen LogP contribution < -0.4 is 19.1 Å². The van der Waals surface area contributed by atoms with Gasteiger partial charge in [0.1, 0.15) is 17.7 Å². The number of pyridine rings is 1. The Labute approximate surface area is 216 Å². The number of benzene rings is 2. The van der Waals surface area contributed by atoms with Gasteiger partial charge in [-0.15, -0.1) is 0 Å². The summed E-state index contributed by atoms with van der Waals surface area (Å²) in [5.74, 6) is 1.91. The van der Waals surface area contributed by atoms with E-state index in [-0.39, 0.29) is 11.7 Å². The number of amides is 1.